The van der Waals surface area contributed by atoms with Crippen molar-refractivity contribution in [2.45, 2.75) is 0 Å². The summed E-state index contributed by atoms with van der Waals surface area (Å²) >= 11 is 0.757. The van der Waals surface area contributed by atoms with E-state index in [-0.39, 0.29) is 15.8 Å². The molecule has 0 aliphatic carbocycles. The molecule has 0 N–H and O–H groups in total. The maximum absolute atomic E-state index is 4.67. The van der Waals surface area contributed by atoms with Gasteiger partial charge < -0.3 is 0 Å². The summed E-state index contributed by atoms with van der Waals surface area (Å²) in [5.41, 5.74) is 0. The molecule has 0 nitrogen and oxygen atoms in total. The standard InChI is InChI=1S/2C3H9P.2ClH.Cu/c2*1-4(2)3;;;/h2*1-3H3;2*1H;/q;;;;+2. The van der Waals surface area contributed by atoms with Crippen molar-refractivity contribution in [1.29, 1.82) is 0 Å². The van der Waals surface area contributed by atoms with Gasteiger partial charge in [-0.3, -0.25) is 0 Å². The summed E-state index contributed by atoms with van der Waals surface area (Å²) in [5, 5.41) is 0. The topological polar surface area (TPSA) is 0 Å². The van der Waals surface area contributed by atoms with Crippen molar-refractivity contribution in [2.24, 2.45) is 0 Å². The second-order valence-corrected chi connectivity index (χ2v) is 10.6. The molecule has 0 aromatic rings. The van der Waals surface area contributed by atoms with E-state index in [0.29, 0.717) is 0 Å². The van der Waals surface area contributed by atoms with E-state index in [2.05, 4.69) is 60.2 Å². The van der Waals surface area contributed by atoms with Gasteiger partial charge in [-0.05, 0) is 15.8 Å². The Morgan fingerprint density at radius 2 is 0.727 bits per heavy atom. The third-order valence-electron chi connectivity index (χ3n) is 0. The Bertz CT molecular complexity index is 42.3. The van der Waals surface area contributed by atoms with Gasteiger partial charge in [-0.25, -0.2) is 0 Å². The Morgan fingerprint density at radius 3 is 0.727 bits per heavy atom. The summed E-state index contributed by atoms with van der Waals surface area (Å²) in [7, 11) is 9.58. The van der Waals surface area contributed by atoms with Crippen LogP contribution >= 0.6 is 36.0 Å². The van der Waals surface area contributed by atoms with Crippen LogP contribution in [-0.2, 0) is 13.1 Å². The molecule has 0 bridgehead atoms. The minimum absolute atomic E-state index is 0.120. The van der Waals surface area contributed by atoms with E-state index in [9.17, 15) is 0 Å². The van der Waals surface area contributed by atoms with Crippen LogP contribution in [-0.4, -0.2) is 40.0 Å². The first kappa shape index (κ1) is 18.7. The average Bonchev–Trinajstić information content (AvgIpc) is 1.60. The Balaban J connectivity index is -0.0000000886. The molecule has 0 fully saturated rings. The summed E-state index contributed by atoms with van der Waals surface area (Å²) < 4.78 is 0. The molecule has 0 aliphatic heterocycles. The van der Waals surface area contributed by atoms with Gasteiger partial charge in [0.2, 0.25) is 0 Å². The molecule has 0 saturated heterocycles. The second-order valence-electron chi connectivity index (χ2n) is 3.04. The summed E-state index contributed by atoms with van der Waals surface area (Å²) in [6, 6.07) is 0. The summed E-state index contributed by atoms with van der Waals surface area (Å²) in [4.78, 5) is 0. The Labute approximate surface area is 88.9 Å². The zero-order valence-electron chi connectivity index (χ0n) is 8.06. The molecule has 0 atom stereocenters. The van der Waals surface area contributed by atoms with Crippen LogP contribution < -0.4 is 0 Å². The van der Waals surface area contributed by atoms with E-state index in [1.54, 1.807) is 0 Å². The Morgan fingerprint density at radius 1 is 0.727 bits per heavy atom. The summed E-state index contributed by atoms with van der Waals surface area (Å²) in [5.74, 6) is 0. The van der Waals surface area contributed by atoms with Crippen LogP contribution in [0.2, 0.25) is 0 Å². The van der Waals surface area contributed by atoms with Gasteiger partial charge in [0.15, 0.2) is 0 Å². The molecular weight excluding hydrogens is 268 g/mol. The third-order valence-corrected chi connectivity index (χ3v) is 0. The molecule has 77 valence electrons. The molecule has 0 spiro atoms. The van der Waals surface area contributed by atoms with Crippen LogP contribution in [0, 0.1) is 0 Å². The van der Waals surface area contributed by atoms with Crippen molar-refractivity contribution < 1.29 is 13.1 Å². The van der Waals surface area contributed by atoms with Crippen LogP contribution in [0.4, 0.5) is 0 Å². The van der Waals surface area contributed by atoms with Gasteiger partial charge in [-0.1, -0.05) is 0 Å². The van der Waals surface area contributed by atoms with Crippen LogP contribution in [0.3, 0.4) is 0 Å². The zero-order chi connectivity index (χ0) is 9.86. The van der Waals surface area contributed by atoms with Gasteiger partial charge in [0.1, 0.15) is 0 Å². The van der Waals surface area contributed by atoms with E-state index in [4.69, 9.17) is 0 Å². The fourth-order valence-electron chi connectivity index (χ4n) is 0. The van der Waals surface area contributed by atoms with Crippen molar-refractivity contribution in [2.75, 3.05) is 40.0 Å². The van der Waals surface area contributed by atoms with Gasteiger partial charge in [-0.15, -0.1) is 0 Å². The maximum atomic E-state index is 4.67. The first-order valence-corrected chi connectivity index (χ1v) is 11.8. The Hall–Kier alpha value is 1.96. The molecule has 0 aliphatic rings. The first-order valence-electron chi connectivity index (χ1n) is 3.23. The first-order chi connectivity index (χ1) is 4.88. The summed E-state index contributed by atoms with van der Waals surface area (Å²) in [6.45, 7) is 13.6. The fraction of sp³-hybridized carbons (Fsp3) is 1.00. The fourth-order valence-corrected chi connectivity index (χ4v) is 0. The van der Waals surface area contributed by atoms with Crippen LogP contribution in [0.15, 0.2) is 0 Å². The van der Waals surface area contributed by atoms with Crippen molar-refractivity contribution in [1.82, 2.24) is 0 Å². The molecule has 0 saturated carbocycles. The van der Waals surface area contributed by atoms with Gasteiger partial charge in [0.25, 0.3) is 0 Å². The second kappa shape index (κ2) is 17.9. The average molecular weight is 289 g/mol. The van der Waals surface area contributed by atoms with Gasteiger partial charge in [0, 0.05) is 40.0 Å². The van der Waals surface area contributed by atoms with E-state index in [1.807, 2.05) is 0 Å². The molecule has 0 amide bonds. The van der Waals surface area contributed by atoms with E-state index in [0.717, 1.165) is 13.1 Å². The molecule has 0 unspecified atom stereocenters. The van der Waals surface area contributed by atoms with E-state index in [1.165, 1.54) is 0 Å². The molecular formula is C6H20Cl2CuP2+2. The number of halogens is 2. The quantitative estimate of drug-likeness (QED) is 0.472. The zero-order valence-corrected chi connectivity index (χ0v) is 12.5. The van der Waals surface area contributed by atoms with Crippen molar-refractivity contribution in [3.8, 4) is 0 Å². The van der Waals surface area contributed by atoms with E-state index < -0.39 is 0 Å². The van der Waals surface area contributed by atoms with Crippen LogP contribution in [0.1, 0.15) is 0 Å². The third kappa shape index (κ3) is 309. The molecule has 0 radical (unpaired) electrons. The van der Waals surface area contributed by atoms with Gasteiger partial charge >= 0.3 is 33.3 Å². The van der Waals surface area contributed by atoms with Crippen molar-refractivity contribution >= 4 is 36.0 Å². The minimum atomic E-state index is 0.120. The number of hydrogen-bond acceptors (Lipinski definition) is 0. The molecule has 5 heteroatoms. The van der Waals surface area contributed by atoms with Crippen molar-refractivity contribution in [3.63, 3.8) is 0 Å². The van der Waals surface area contributed by atoms with E-state index >= 15 is 0 Å². The van der Waals surface area contributed by atoms with Crippen molar-refractivity contribution in [3.05, 3.63) is 0 Å². The summed E-state index contributed by atoms with van der Waals surface area (Å²) in [6.07, 6.45) is 0. The SMILES string of the molecule is C[PH+](C)C.C[PH+](C)C.[Cl][Cu][Cl]. The van der Waals surface area contributed by atoms with Crippen LogP contribution in [0.25, 0.3) is 0 Å². The normalized spacial score (nSPS) is 8.55. The molecule has 0 rings (SSSR count). The Kier molecular flexibility index (Phi) is 30.4. The van der Waals surface area contributed by atoms with Gasteiger partial charge in [-0.2, -0.15) is 0 Å². The molecule has 0 aromatic carbocycles. The molecule has 0 aromatic heterocycles. The predicted molar refractivity (Wildman–Crippen MR) is 63.9 cm³/mol. The van der Waals surface area contributed by atoms with Crippen LogP contribution in [0.5, 0.6) is 0 Å². The monoisotopic (exact) mass is 287 g/mol. The number of rotatable bonds is 0. The molecule has 0 heterocycles. The molecule has 11 heavy (non-hydrogen) atoms. The van der Waals surface area contributed by atoms with Gasteiger partial charge in [0.05, 0.1) is 0 Å². The predicted octanol–water partition coefficient (Wildman–Crippen LogP) is 3.56. The number of hydrogen-bond donors (Lipinski definition) is 0.